The maximum Gasteiger partial charge on any atom is 0.323 e. The Labute approximate surface area is 141 Å². The van der Waals surface area contributed by atoms with Crippen molar-refractivity contribution < 1.29 is 4.79 Å². The number of amides is 1. The molecular formula is C16H14ClN3O2S. The van der Waals surface area contributed by atoms with Gasteiger partial charge < -0.3 is 15.3 Å². The Balaban J connectivity index is 1.72. The standard InChI is InChI=1S/C16H14ClN3O2S/c1-9(23-14-5-3-2-4-11(14)17)15(21)18-10-6-7-12-13(8-10)20-16(22)19-12/h2-9H,1H3,(H,18,21)(H2,19,20,22). The van der Waals surface area contributed by atoms with Crippen LogP contribution in [0.15, 0.2) is 52.2 Å². The first-order valence-corrected chi connectivity index (χ1v) is 8.23. The maximum absolute atomic E-state index is 12.3. The highest BCUT2D eigenvalue weighted by atomic mass is 35.5. The molecule has 1 unspecified atom stereocenters. The van der Waals surface area contributed by atoms with E-state index in [2.05, 4.69) is 15.3 Å². The van der Waals surface area contributed by atoms with Gasteiger partial charge in [-0.05, 0) is 37.3 Å². The van der Waals surface area contributed by atoms with E-state index < -0.39 is 0 Å². The number of thioether (sulfide) groups is 1. The number of fused-ring (bicyclic) bond motifs is 1. The molecule has 23 heavy (non-hydrogen) atoms. The van der Waals surface area contributed by atoms with Crippen LogP contribution in [0.5, 0.6) is 0 Å². The minimum Gasteiger partial charge on any atom is -0.325 e. The molecule has 0 bridgehead atoms. The molecule has 0 aliphatic rings. The summed E-state index contributed by atoms with van der Waals surface area (Å²) in [6.07, 6.45) is 0. The Morgan fingerprint density at radius 2 is 1.91 bits per heavy atom. The van der Waals surface area contributed by atoms with Crippen LogP contribution < -0.4 is 11.0 Å². The smallest absolute Gasteiger partial charge is 0.323 e. The molecule has 0 fully saturated rings. The van der Waals surface area contributed by atoms with Gasteiger partial charge in [-0.15, -0.1) is 11.8 Å². The van der Waals surface area contributed by atoms with E-state index in [0.717, 1.165) is 4.90 Å². The molecule has 3 N–H and O–H groups in total. The van der Waals surface area contributed by atoms with Gasteiger partial charge >= 0.3 is 5.69 Å². The zero-order chi connectivity index (χ0) is 16.4. The van der Waals surface area contributed by atoms with E-state index in [1.54, 1.807) is 24.3 Å². The van der Waals surface area contributed by atoms with Crippen LogP contribution in [0.3, 0.4) is 0 Å². The van der Waals surface area contributed by atoms with E-state index in [9.17, 15) is 9.59 Å². The van der Waals surface area contributed by atoms with Gasteiger partial charge in [0.25, 0.3) is 0 Å². The molecule has 1 atom stereocenters. The van der Waals surface area contributed by atoms with Gasteiger partial charge in [-0.25, -0.2) is 4.79 Å². The molecule has 3 aromatic rings. The van der Waals surface area contributed by atoms with Crippen LogP contribution in [0.4, 0.5) is 5.69 Å². The molecule has 0 saturated carbocycles. The van der Waals surface area contributed by atoms with Crippen molar-refractivity contribution in [2.24, 2.45) is 0 Å². The molecule has 118 valence electrons. The van der Waals surface area contributed by atoms with Gasteiger partial charge in [0, 0.05) is 10.6 Å². The molecule has 1 heterocycles. The number of carbonyl (C=O) groups is 1. The van der Waals surface area contributed by atoms with Crippen LogP contribution in [0.1, 0.15) is 6.92 Å². The normalized spacial score (nSPS) is 12.3. The third-order valence-corrected chi connectivity index (χ3v) is 4.91. The van der Waals surface area contributed by atoms with Crippen molar-refractivity contribution >= 4 is 46.0 Å². The summed E-state index contributed by atoms with van der Waals surface area (Å²) in [5.74, 6) is -0.132. The fourth-order valence-corrected chi connectivity index (χ4v) is 3.29. The molecule has 0 aliphatic heterocycles. The van der Waals surface area contributed by atoms with Crippen molar-refractivity contribution in [2.75, 3.05) is 5.32 Å². The van der Waals surface area contributed by atoms with Crippen LogP contribution in [0.2, 0.25) is 5.02 Å². The minimum absolute atomic E-state index is 0.132. The molecule has 3 rings (SSSR count). The molecule has 1 aromatic heterocycles. The fraction of sp³-hybridized carbons (Fsp3) is 0.125. The SMILES string of the molecule is CC(Sc1ccccc1Cl)C(=O)Nc1ccc2[nH]c(=O)[nH]c2c1. The minimum atomic E-state index is -0.309. The lowest BCUT2D eigenvalue weighted by Crippen LogP contribution is -2.22. The molecule has 7 heteroatoms. The number of aromatic nitrogens is 2. The first-order valence-electron chi connectivity index (χ1n) is 6.97. The number of benzene rings is 2. The number of hydrogen-bond donors (Lipinski definition) is 3. The summed E-state index contributed by atoms with van der Waals surface area (Å²) in [5, 5.41) is 3.16. The number of aromatic amines is 2. The number of carbonyl (C=O) groups excluding carboxylic acids is 1. The first-order chi connectivity index (χ1) is 11.0. The number of hydrogen-bond acceptors (Lipinski definition) is 3. The highest BCUT2D eigenvalue weighted by molar-refractivity contribution is 8.00. The quantitative estimate of drug-likeness (QED) is 0.631. The van der Waals surface area contributed by atoms with Gasteiger partial charge in [0.15, 0.2) is 0 Å². The van der Waals surface area contributed by atoms with Crippen LogP contribution >= 0.6 is 23.4 Å². The summed E-state index contributed by atoms with van der Waals surface area (Å²) in [6, 6.07) is 12.6. The van der Waals surface area contributed by atoms with Gasteiger partial charge in [0.05, 0.1) is 21.3 Å². The van der Waals surface area contributed by atoms with Gasteiger partial charge in [-0.2, -0.15) is 0 Å². The Kier molecular flexibility index (Phi) is 4.45. The van der Waals surface area contributed by atoms with E-state index in [1.807, 2.05) is 25.1 Å². The van der Waals surface area contributed by atoms with E-state index >= 15 is 0 Å². The topological polar surface area (TPSA) is 77.8 Å². The Morgan fingerprint density at radius 1 is 1.17 bits per heavy atom. The average Bonchev–Trinajstić information content (AvgIpc) is 2.88. The maximum atomic E-state index is 12.3. The monoisotopic (exact) mass is 347 g/mol. The van der Waals surface area contributed by atoms with Crippen molar-refractivity contribution in [3.63, 3.8) is 0 Å². The molecule has 0 radical (unpaired) electrons. The number of rotatable bonds is 4. The molecule has 0 saturated heterocycles. The summed E-state index contributed by atoms with van der Waals surface area (Å²) >= 11 is 7.51. The van der Waals surface area contributed by atoms with Crippen LogP contribution in [0, 0.1) is 0 Å². The molecule has 1 amide bonds. The lowest BCUT2D eigenvalue weighted by molar-refractivity contribution is -0.115. The molecule has 0 spiro atoms. The second-order valence-corrected chi connectivity index (χ2v) is 6.81. The van der Waals surface area contributed by atoms with Crippen LogP contribution in [-0.4, -0.2) is 21.1 Å². The van der Waals surface area contributed by atoms with E-state index in [4.69, 9.17) is 11.6 Å². The highest BCUT2D eigenvalue weighted by Gasteiger charge is 2.16. The third-order valence-electron chi connectivity index (χ3n) is 3.29. The Hall–Kier alpha value is -2.18. The second-order valence-electron chi connectivity index (χ2n) is 5.02. The van der Waals surface area contributed by atoms with Gasteiger partial charge in [0.2, 0.25) is 5.91 Å². The molecular weight excluding hydrogens is 334 g/mol. The first kappa shape index (κ1) is 15.7. The fourth-order valence-electron chi connectivity index (χ4n) is 2.14. The number of nitrogens with one attached hydrogen (secondary N) is 3. The van der Waals surface area contributed by atoms with Crippen molar-refractivity contribution in [3.05, 3.63) is 58.0 Å². The van der Waals surface area contributed by atoms with E-state index in [1.165, 1.54) is 11.8 Å². The predicted molar refractivity (Wildman–Crippen MR) is 94.3 cm³/mol. The molecule has 2 aromatic carbocycles. The van der Waals surface area contributed by atoms with Gasteiger partial charge in [0.1, 0.15) is 0 Å². The summed E-state index contributed by atoms with van der Waals surface area (Å²) in [5.41, 5.74) is 1.71. The lowest BCUT2D eigenvalue weighted by Gasteiger charge is -2.13. The van der Waals surface area contributed by atoms with Crippen LogP contribution in [-0.2, 0) is 4.79 Å². The average molecular weight is 348 g/mol. The number of anilines is 1. The Morgan fingerprint density at radius 3 is 2.70 bits per heavy atom. The van der Waals surface area contributed by atoms with E-state index in [-0.39, 0.29) is 16.8 Å². The molecule has 5 nitrogen and oxygen atoms in total. The number of imidazole rings is 1. The summed E-state index contributed by atoms with van der Waals surface area (Å²) in [7, 11) is 0. The van der Waals surface area contributed by atoms with Crippen molar-refractivity contribution in [1.29, 1.82) is 0 Å². The largest absolute Gasteiger partial charge is 0.325 e. The zero-order valence-electron chi connectivity index (χ0n) is 12.2. The zero-order valence-corrected chi connectivity index (χ0v) is 13.8. The summed E-state index contributed by atoms with van der Waals surface area (Å²) < 4.78 is 0. The lowest BCUT2D eigenvalue weighted by atomic mass is 10.2. The predicted octanol–water partition coefficient (Wildman–Crippen LogP) is 3.63. The summed E-state index contributed by atoms with van der Waals surface area (Å²) in [4.78, 5) is 29.8. The Bertz CT molecular complexity index is 919. The van der Waals surface area contributed by atoms with Crippen LogP contribution in [0.25, 0.3) is 11.0 Å². The van der Waals surface area contributed by atoms with Crippen molar-refractivity contribution in [1.82, 2.24) is 9.97 Å². The van der Waals surface area contributed by atoms with E-state index in [0.29, 0.717) is 21.7 Å². The van der Waals surface area contributed by atoms with Crippen molar-refractivity contribution in [2.45, 2.75) is 17.1 Å². The number of halogens is 1. The molecule has 0 aliphatic carbocycles. The second kappa shape index (κ2) is 6.52. The third kappa shape index (κ3) is 3.60. The summed E-state index contributed by atoms with van der Waals surface area (Å²) in [6.45, 7) is 1.82. The highest BCUT2D eigenvalue weighted by Crippen LogP contribution is 2.30. The number of H-pyrrole nitrogens is 2. The van der Waals surface area contributed by atoms with Crippen molar-refractivity contribution in [3.8, 4) is 0 Å². The van der Waals surface area contributed by atoms with Gasteiger partial charge in [-0.1, -0.05) is 23.7 Å². The van der Waals surface area contributed by atoms with Gasteiger partial charge in [-0.3, -0.25) is 4.79 Å².